The van der Waals surface area contributed by atoms with Gasteiger partial charge in [0, 0.05) is 19.5 Å². The van der Waals surface area contributed by atoms with E-state index in [1.807, 2.05) is 18.7 Å². The molecule has 1 heterocycles. The number of nitrogens with one attached hydrogen (secondary N) is 1. The molecule has 0 unspecified atom stereocenters. The summed E-state index contributed by atoms with van der Waals surface area (Å²) in [6.45, 7) is 3.13. The molecule has 1 aromatic heterocycles. The van der Waals surface area contributed by atoms with Crippen LogP contribution in [0.1, 0.15) is 30.7 Å². The highest BCUT2D eigenvalue weighted by molar-refractivity contribution is 9.10. The second kappa shape index (κ2) is 5.83. The Kier molecular flexibility index (Phi) is 4.40. The van der Waals surface area contributed by atoms with Crippen molar-refractivity contribution in [1.82, 2.24) is 15.1 Å². The number of hydrogen-bond acceptors (Lipinski definition) is 2. The van der Waals surface area contributed by atoms with Gasteiger partial charge in [-0.2, -0.15) is 5.10 Å². The van der Waals surface area contributed by atoms with Crippen LogP contribution in [-0.4, -0.2) is 22.4 Å². The van der Waals surface area contributed by atoms with Crippen molar-refractivity contribution in [3.05, 3.63) is 28.0 Å². The molecule has 0 amide bonds. The van der Waals surface area contributed by atoms with Crippen molar-refractivity contribution in [1.29, 1.82) is 0 Å². The molecule has 17 heavy (non-hydrogen) atoms. The van der Waals surface area contributed by atoms with Crippen LogP contribution in [0.5, 0.6) is 0 Å². The van der Waals surface area contributed by atoms with Crippen LogP contribution in [0.4, 0.5) is 0 Å². The first-order valence-corrected chi connectivity index (χ1v) is 7.04. The van der Waals surface area contributed by atoms with E-state index in [1.165, 1.54) is 18.5 Å². The van der Waals surface area contributed by atoms with Crippen molar-refractivity contribution in [3.63, 3.8) is 0 Å². The molecule has 0 spiro atoms. The molecule has 0 radical (unpaired) electrons. The first-order valence-electron chi connectivity index (χ1n) is 6.25. The lowest BCUT2D eigenvalue weighted by Crippen LogP contribution is -2.16. The summed E-state index contributed by atoms with van der Waals surface area (Å²) in [5, 5.41) is 7.88. The van der Waals surface area contributed by atoms with Gasteiger partial charge in [0.15, 0.2) is 0 Å². The Morgan fingerprint density at radius 1 is 1.47 bits per heavy atom. The minimum Gasteiger partial charge on any atom is -0.314 e. The molecule has 0 saturated heterocycles. The van der Waals surface area contributed by atoms with Crippen LogP contribution in [0.15, 0.2) is 16.6 Å². The molecule has 1 N–H and O–H groups in total. The molecule has 1 saturated carbocycles. The van der Waals surface area contributed by atoms with E-state index in [-0.39, 0.29) is 0 Å². The fourth-order valence-electron chi connectivity index (χ4n) is 1.87. The second-order valence-corrected chi connectivity index (χ2v) is 5.46. The fraction of sp³-hybridized carbons (Fsp3) is 0.615. The highest BCUT2D eigenvalue weighted by atomic mass is 79.9. The minimum absolute atomic E-state index is 0.817. The summed E-state index contributed by atoms with van der Waals surface area (Å²) in [5.74, 6) is 0. The summed E-state index contributed by atoms with van der Waals surface area (Å²) in [7, 11) is 2.00. The molecule has 0 atom stereocenters. The van der Waals surface area contributed by atoms with E-state index >= 15 is 0 Å². The average Bonchev–Trinajstić information content (AvgIpc) is 3.07. The number of aryl methyl sites for hydroxylation is 2. The lowest BCUT2D eigenvalue weighted by Gasteiger charge is -1.99. The Labute approximate surface area is 111 Å². The van der Waals surface area contributed by atoms with E-state index in [0.29, 0.717) is 0 Å². The third-order valence-electron chi connectivity index (χ3n) is 3.06. The van der Waals surface area contributed by atoms with Gasteiger partial charge in [-0.25, -0.2) is 0 Å². The van der Waals surface area contributed by atoms with Crippen molar-refractivity contribution in [2.75, 3.05) is 6.54 Å². The topological polar surface area (TPSA) is 29.9 Å². The van der Waals surface area contributed by atoms with E-state index < -0.39 is 0 Å². The summed E-state index contributed by atoms with van der Waals surface area (Å²) in [4.78, 5) is 0. The van der Waals surface area contributed by atoms with Crippen LogP contribution >= 0.6 is 15.9 Å². The summed E-state index contributed by atoms with van der Waals surface area (Å²) >= 11 is 3.58. The van der Waals surface area contributed by atoms with Gasteiger partial charge >= 0.3 is 0 Å². The maximum atomic E-state index is 4.38. The average molecular weight is 298 g/mol. The molecule has 3 nitrogen and oxygen atoms in total. The third kappa shape index (κ3) is 3.68. The van der Waals surface area contributed by atoms with Crippen molar-refractivity contribution in [3.8, 4) is 0 Å². The molecule has 0 aromatic carbocycles. The maximum Gasteiger partial charge on any atom is 0.0738 e. The summed E-state index contributed by atoms with van der Waals surface area (Å²) in [6.07, 6.45) is 9.28. The van der Waals surface area contributed by atoms with Gasteiger partial charge in [-0.3, -0.25) is 4.68 Å². The van der Waals surface area contributed by atoms with Crippen LogP contribution < -0.4 is 5.32 Å². The molecule has 1 aliphatic rings. The normalized spacial score (nSPS) is 15.9. The van der Waals surface area contributed by atoms with Crippen LogP contribution in [0.3, 0.4) is 0 Å². The molecule has 2 rings (SSSR count). The van der Waals surface area contributed by atoms with Gasteiger partial charge in [0.1, 0.15) is 0 Å². The molecule has 4 heteroatoms. The highest BCUT2D eigenvalue weighted by Gasteiger charge is 2.19. The largest absolute Gasteiger partial charge is 0.314 e. The van der Waals surface area contributed by atoms with Crippen molar-refractivity contribution in [2.24, 2.45) is 7.05 Å². The smallest absolute Gasteiger partial charge is 0.0738 e. The monoisotopic (exact) mass is 297 g/mol. The lowest BCUT2D eigenvalue weighted by atomic mass is 10.2. The van der Waals surface area contributed by atoms with Gasteiger partial charge in [-0.1, -0.05) is 12.2 Å². The minimum atomic E-state index is 0.817. The zero-order valence-corrected chi connectivity index (χ0v) is 12.1. The van der Waals surface area contributed by atoms with Gasteiger partial charge in [-0.05, 0) is 48.7 Å². The third-order valence-corrected chi connectivity index (χ3v) is 4.09. The number of rotatable bonds is 6. The summed E-state index contributed by atoms with van der Waals surface area (Å²) < 4.78 is 3.09. The summed E-state index contributed by atoms with van der Waals surface area (Å²) in [5.41, 5.74) is 2.31. The number of halogens is 1. The quantitative estimate of drug-likeness (QED) is 0.646. The molecular weight excluding hydrogens is 278 g/mol. The second-order valence-electron chi connectivity index (χ2n) is 4.66. The standard InChI is InChI=1S/C13H20BrN3/c1-10-13(14)12(17(2)16-10)6-4-3-5-9-15-11-7-8-11/h3-4,11,15H,5-9H2,1-2H3. The van der Waals surface area contributed by atoms with Crippen LogP contribution in [0.25, 0.3) is 0 Å². The Bertz CT molecular complexity index is 405. The lowest BCUT2D eigenvalue weighted by molar-refractivity contribution is 0.688. The maximum absolute atomic E-state index is 4.38. The van der Waals surface area contributed by atoms with Crippen LogP contribution in [-0.2, 0) is 13.5 Å². The first-order chi connectivity index (χ1) is 8.18. The Balaban J connectivity index is 1.74. The fourth-order valence-corrected chi connectivity index (χ4v) is 2.37. The predicted octanol–water partition coefficient (Wildman–Crippen LogP) is 2.73. The number of aromatic nitrogens is 2. The molecule has 0 bridgehead atoms. The number of hydrogen-bond donors (Lipinski definition) is 1. The van der Waals surface area contributed by atoms with Gasteiger partial charge in [0.2, 0.25) is 0 Å². The van der Waals surface area contributed by atoms with E-state index in [2.05, 4.69) is 38.5 Å². The number of nitrogens with zero attached hydrogens (tertiary/aromatic N) is 2. The van der Waals surface area contributed by atoms with Gasteiger partial charge in [0.05, 0.1) is 15.9 Å². The van der Waals surface area contributed by atoms with E-state index in [1.54, 1.807) is 0 Å². The van der Waals surface area contributed by atoms with Crippen molar-refractivity contribution in [2.45, 2.75) is 38.6 Å². The first kappa shape index (κ1) is 12.8. The molecule has 1 aromatic rings. The van der Waals surface area contributed by atoms with Crippen LogP contribution in [0.2, 0.25) is 0 Å². The van der Waals surface area contributed by atoms with Crippen molar-refractivity contribution < 1.29 is 0 Å². The molecule has 1 fully saturated rings. The van der Waals surface area contributed by atoms with Gasteiger partial charge in [-0.15, -0.1) is 0 Å². The van der Waals surface area contributed by atoms with Gasteiger partial charge in [0.25, 0.3) is 0 Å². The van der Waals surface area contributed by atoms with Crippen LogP contribution in [0, 0.1) is 6.92 Å². The molecule has 0 aliphatic heterocycles. The Hall–Kier alpha value is -0.610. The van der Waals surface area contributed by atoms with Gasteiger partial charge < -0.3 is 5.32 Å². The van der Waals surface area contributed by atoms with E-state index in [0.717, 1.165) is 35.6 Å². The summed E-state index contributed by atoms with van der Waals surface area (Å²) in [6, 6.07) is 0.817. The molecule has 1 aliphatic carbocycles. The Morgan fingerprint density at radius 3 is 2.82 bits per heavy atom. The van der Waals surface area contributed by atoms with E-state index in [4.69, 9.17) is 0 Å². The zero-order valence-electron chi connectivity index (χ0n) is 10.5. The SMILES string of the molecule is Cc1nn(C)c(CC=CCCNC2CC2)c1Br. The van der Waals surface area contributed by atoms with Crippen molar-refractivity contribution >= 4 is 15.9 Å². The Morgan fingerprint density at radius 2 is 2.24 bits per heavy atom. The predicted molar refractivity (Wildman–Crippen MR) is 74.1 cm³/mol. The zero-order chi connectivity index (χ0) is 12.3. The molecular formula is C13H20BrN3. The van der Waals surface area contributed by atoms with E-state index in [9.17, 15) is 0 Å². The number of allylic oxidation sites excluding steroid dienone is 1. The highest BCUT2D eigenvalue weighted by Crippen LogP contribution is 2.21. The molecule has 94 valence electrons.